The molecule has 0 bridgehead atoms. The topological polar surface area (TPSA) is 55.2 Å². The lowest BCUT2D eigenvalue weighted by Crippen LogP contribution is -1.84. The van der Waals surface area contributed by atoms with Crippen molar-refractivity contribution in [3.8, 4) is 0 Å². The molecule has 2 heteroatoms. The molecule has 0 saturated carbocycles. The van der Waals surface area contributed by atoms with Crippen molar-refractivity contribution in [2.75, 3.05) is 6.61 Å². The maximum Gasteiger partial charge on any atom is 0.0431 e. The van der Waals surface area contributed by atoms with E-state index in [1.165, 1.54) is 51.4 Å². The molecule has 0 rings (SSSR count). The minimum absolute atomic E-state index is 0. The Balaban J connectivity index is 0. The highest BCUT2D eigenvalue weighted by atomic mass is 16.2. The average molecular weight is 189 g/mol. The van der Waals surface area contributed by atoms with Gasteiger partial charge in [0.15, 0.2) is 0 Å². The molecule has 0 spiro atoms. The Hall–Kier alpha value is -0.0800. The van der Waals surface area contributed by atoms with E-state index < -0.39 is 0 Å². The maximum absolute atomic E-state index is 8.54. The van der Waals surface area contributed by atoms with Crippen LogP contribution in [-0.4, -0.2) is 11.7 Å². The Morgan fingerprint density at radius 3 is 1.46 bits per heavy atom. The second-order valence-corrected chi connectivity index (χ2v) is 3.55. The minimum Gasteiger partial charge on any atom is -0.396 e. The van der Waals surface area contributed by atoms with Gasteiger partial charge in [0.2, 0.25) is 0 Å². The Morgan fingerprint density at radius 1 is 0.692 bits per heavy atom. The fourth-order valence-corrected chi connectivity index (χ4v) is 1.42. The quantitative estimate of drug-likeness (QED) is 0.544. The van der Waals surface area contributed by atoms with Crippen LogP contribution in [0.3, 0.4) is 0 Å². The molecule has 0 unspecified atom stereocenters. The van der Waals surface area contributed by atoms with Gasteiger partial charge in [0, 0.05) is 6.61 Å². The monoisotopic (exact) mass is 189 g/mol. The first kappa shape index (κ1) is 15.4. The van der Waals surface area contributed by atoms with Crippen LogP contribution in [0.25, 0.3) is 0 Å². The van der Waals surface area contributed by atoms with E-state index >= 15 is 0 Å². The zero-order chi connectivity index (χ0) is 9.07. The lowest BCUT2D eigenvalue weighted by molar-refractivity contribution is 0.282. The van der Waals surface area contributed by atoms with Crippen LogP contribution in [0.5, 0.6) is 0 Å². The molecule has 0 amide bonds. The van der Waals surface area contributed by atoms with Crippen molar-refractivity contribution in [3.05, 3.63) is 0 Å². The van der Waals surface area contributed by atoms with Crippen LogP contribution in [0.4, 0.5) is 0 Å². The zero-order valence-electron chi connectivity index (χ0n) is 9.23. The Morgan fingerprint density at radius 2 is 1.08 bits per heavy atom. The summed E-state index contributed by atoms with van der Waals surface area (Å²) in [6, 6.07) is 0. The second-order valence-electron chi connectivity index (χ2n) is 3.55. The van der Waals surface area contributed by atoms with E-state index in [2.05, 4.69) is 6.92 Å². The number of unbranched alkanes of at least 4 members (excludes halogenated alkanes) is 8. The van der Waals surface area contributed by atoms with Gasteiger partial charge in [-0.05, 0) is 6.42 Å². The summed E-state index contributed by atoms with van der Waals surface area (Å²) in [5.74, 6) is 0. The average Bonchev–Trinajstić information content (AvgIpc) is 2.10. The fraction of sp³-hybridized carbons (Fsp3) is 1.00. The molecule has 0 aliphatic rings. The number of rotatable bonds is 9. The third-order valence-electron chi connectivity index (χ3n) is 2.26. The first-order valence-corrected chi connectivity index (χ1v) is 5.52. The zero-order valence-corrected chi connectivity index (χ0v) is 9.23. The molecule has 0 atom stereocenters. The lowest BCUT2D eigenvalue weighted by atomic mass is 10.1. The molecule has 0 aromatic carbocycles. The van der Waals surface area contributed by atoms with Crippen molar-refractivity contribution in [1.29, 1.82) is 0 Å². The minimum atomic E-state index is 0. The predicted molar refractivity (Wildman–Crippen MR) is 59.3 cm³/mol. The SMILES string of the molecule is CCCCCCCCCCCO.N. The summed E-state index contributed by atoms with van der Waals surface area (Å²) >= 11 is 0. The summed E-state index contributed by atoms with van der Waals surface area (Å²) in [5, 5.41) is 8.54. The number of aliphatic hydroxyl groups is 1. The van der Waals surface area contributed by atoms with E-state index in [4.69, 9.17) is 5.11 Å². The van der Waals surface area contributed by atoms with Gasteiger partial charge in [-0.2, -0.15) is 0 Å². The van der Waals surface area contributed by atoms with Gasteiger partial charge in [-0.25, -0.2) is 0 Å². The van der Waals surface area contributed by atoms with Crippen molar-refractivity contribution in [2.24, 2.45) is 0 Å². The van der Waals surface area contributed by atoms with Crippen molar-refractivity contribution < 1.29 is 5.11 Å². The molecule has 0 aromatic heterocycles. The summed E-state index contributed by atoms with van der Waals surface area (Å²) in [6.45, 7) is 2.62. The van der Waals surface area contributed by atoms with Gasteiger partial charge in [-0.15, -0.1) is 0 Å². The van der Waals surface area contributed by atoms with Gasteiger partial charge < -0.3 is 11.3 Å². The van der Waals surface area contributed by atoms with Crippen LogP contribution >= 0.6 is 0 Å². The second kappa shape index (κ2) is 14.4. The van der Waals surface area contributed by atoms with Crippen molar-refractivity contribution in [1.82, 2.24) is 6.15 Å². The Bertz CT molecular complexity index is 66.5. The van der Waals surface area contributed by atoms with Crippen LogP contribution in [0.1, 0.15) is 64.7 Å². The van der Waals surface area contributed by atoms with Crippen LogP contribution in [0.15, 0.2) is 0 Å². The molecule has 4 N–H and O–H groups in total. The molecule has 0 aromatic rings. The largest absolute Gasteiger partial charge is 0.396 e. The molecule has 0 aliphatic heterocycles. The van der Waals surface area contributed by atoms with Crippen LogP contribution in [-0.2, 0) is 0 Å². The van der Waals surface area contributed by atoms with Gasteiger partial charge in [0.25, 0.3) is 0 Å². The Labute approximate surface area is 83.3 Å². The smallest absolute Gasteiger partial charge is 0.0431 e. The summed E-state index contributed by atoms with van der Waals surface area (Å²) in [7, 11) is 0. The third-order valence-corrected chi connectivity index (χ3v) is 2.26. The third kappa shape index (κ3) is 14.7. The van der Waals surface area contributed by atoms with Gasteiger partial charge in [-0.3, -0.25) is 0 Å². The molecule has 0 fully saturated rings. The van der Waals surface area contributed by atoms with Crippen LogP contribution in [0, 0.1) is 0 Å². The molecule has 0 saturated heterocycles. The standard InChI is InChI=1S/C11H24O.H3N/c1-2-3-4-5-6-7-8-9-10-11-12;/h12H,2-11H2,1H3;1H3. The highest BCUT2D eigenvalue weighted by Crippen LogP contribution is 2.08. The van der Waals surface area contributed by atoms with Gasteiger partial charge in [0.1, 0.15) is 0 Å². The van der Waals surface area contributed by atoms with Crippen molar-refractivity contribution in [2.45, 2.75) is 64.7 Å². The van der Waals surface area contributed by atoms with E-state index in [-0.39, 0.29) is 6.15 Å². The van der Waals surface area contributed by atoms with E-state index in [0.717, 1.165) is 6.42 Å². The molecule has 2 nitrogen and oxygen atoms in total. The fourth-order valence-electron chi connectivity index (χ4n) is 1.42. The highest BCUT2D eigenvalue weighted by Gasteiger charge is 1.90. The molecular weight excluding hydrogens is 162 g/mol. The molecule has 0 aliphatic carbocycles. The predicted octanol–water partition coefficient (Wildman–Crippen LogP) is 3.67. The first-order chi connectivity index (χ1) is 5.91. The van der Waals surface area contributed by atoms with E-state index in [1.807, 2.05) is 0 Å². The molecule has 82 valence electrons. The van der Waals surface area contributed by atoms with Crippen LogP contribution < -0.4 is 6.15 Å². The normalized spacial score (nSPS) is 9.69. The number of hydrogen-bond donors (Lipinski definition) is 2. The summed E-state index contributed by atoms with van der Waals surface area (Å²) in [4.78, 5) is 0. The van der Waals surface area contributed by atoms with Crippen LogP contribution in [0.2, 0.25) is 0 Å². The lowest BCUT2D eigenvalue weighted by Gasteiger charge is -1.99. The molecule has 0 radical (unpaired) electrons. The first-order valence-electron chi connectivity index (χ1n) is 5.52. The molecular formula is C11H27NO. The van der Waals surface area contributed by atoms with Gasteiger partial charge in [-0.1, -0.05) is 58.3 Å². The Kier molecular flexibility index (Phi) is 17.1. The highest BCUT2D eigenvalue weighted by molar-refractivity contribution is 4.45. The van der Waals surface area contributed by atoms with E-state index in [1.54, 1.807) is 0 Å². The summed E-state index contributed by atoms with van der Waals surface area (Å²) in [6.07, 6.45) is 11.8. The molecule has 0 heterocycles. The van der Waals surface area contributed by atoms with E-state index in [9.17, 15) is 0 Å². The maximum atomic E-state index is 8.54. The van der Waals surface area contributed by atoms with Crippen molar-refractivity contribution >= 4 is 0 Å². The van der Waals surface area contributed by atoms with E-state index in [0.29, 0.717) is 6.61 Å². The molecule has 13 heavy (non-hydrogen) atoms. The summed E-state index contributed by atoms with van der Waals surface area (Å²) < 4.78 is 0. The van der Waals surface area contributed by atoms with Crippen molar-refractivity contribution in [3.63, 3.8) is 0 Å². The number of aliphatic hydroxyl groups excluding tert-OH is 1. The summed E-state index contributed by atoms with van der Waals surface area (Å²) in [5.41, 5.74) is 0. The van der Waals surface area contributed by atoms with Gasteiger partial charge in [0.05, 0.1) is 0 Å². The number of hydrogen-bond acceptors (Lipinski definition) is 2. The van der Waals surface area contributed by atoms with Gasteiger partial charge >= 0.3 is 0 Å².